The van der Waals surface area contributed by atoms with Crippen LogP contribution in [0.3, 0.4) is 0 Å². The van der Waals surface area contributed by atoms with Crippen molar-refractivity contribution in [3.8, 4) is 0 Å². The number of nitrogens with zero attached hydrogens (tertiary/aromatic N) is 2. The van der Waals surface area contributed by atoms with E-state index in [1.165, 1.54) is 0 Å². The normalized spacial score (nSPS) is 26.1. The summed E-state index contributed by atoms with van der Waals surface area (Å²) < 4.78 is 0. The molecule has 1 saturated heterocycles. The van der Waals surface area contributed by atoms with Crippen LogP contribution in [-0.2, 0) is 4.84 Å². The molecule has 2 fully saturated rings. The molecule has 2 amide bonds. The Kier molecular flexibility index (Phi) is 6.11. The summed E-state index contributed by atoms with van der Waals surface area (Å²) in [6, 6.07) is 0.258. The molecule has 1 aliphatic carbocycles. The van der Waals surface area contributed by atoms with Gasteiger partial charge in [-0.1, -0.05) is 11.6 Å². The van der Waals surface area contributed by atoms with Crippen LogP contribution in [0.4, 0.5) is 4.79 Å². The second-order valence-electron chi connectivity index (χ2n) is 5.41. The molecule has 6 heteroatoms. The Bertz CT molecular complexity index is 340. The molecule has 1 aliphatic heterocycles. The first-order chi connectivity index (χ1) is 9.79. The van der Waals surface area contributed by atoms with Gasteiger partial charge in [0.2, 0.25) is 0 Å². The molecule has 1 saturated carbocycles. The first-order valence-corrected chi connectivity index (χ1v) is 7.73. The van der Waals surface area contributed by atoms with Crippen LogP contribution in [0.25, 0.3) is 0 Å². The van der Waals surface area contributed by atoms with E-state index in [0.29, 0.717) is 6.61 Å². The van der Waals surface area contributed by atoms with Crippen LogP contribution < -0.4 is 10.6 Å². The molecule has 1 unspecified atom stereocenters. The zero-order chi connectivity index (χ0) is 14.2. The van der Waals surface area contributed by atoms with Crippen molar-refractivity contribution in [2.45, 2.75) is 45.1 Å². The molecule has 0 spiro atoms. The summed E-state index contributed by atoms with van der Waals surface area (Å²) in [6.45, 7) is 5.88. The smallest absolute Gasteiger partial charge is 0.317 e. The van der Waals surface area contributed by atoms with Gasteiger partial charge in [-0.05, 0) is 26.2 Å². The van der Waals surface area contributed by atoms with Gasteiger partial charge in [-0.25, -0.2) is 4.79 Å². The van der Waals surface area contributed by atoms with Crippen molar-refractivity contribution in [3.63, 3.8) is 0 Å². The molecule has 6 nitrogen and oxygen atoms in total. The number of amides is 2. The van der Waals surface area contributed by atoms with Crippen molar-refractivity contribution in [3.05, 3.63) is 0 Å². The Morgan fingerprint density at radius 2 is 2.25 bits per heavy atom. The van der Waals surface area contributed by atoms with Gasteiger partial charge in [0.05, 0.1) is 5.71 Å². The molecule has 1 atom stereocenters. The van der Waals surface area contributed by atoms with Gasteiger partial charge in [0.15, 0.2) is 0 Å². The maximum atomic E-state index is 12.2. The summed E-state index contributed by atoms with van der Waals surface area (Å²) in [5.74, 6) is 0. The molecule has 0 radical (unpaired) electrons. The Balaban J connectivity index is 1.84. The number of carbonyl (C=O) groups excluding carboxylic acids is 1. The highest BCUT2D eigenvalue weighted by molar-refractivity contribution is 5.85. The van der Waals surface area contributed by atoms with Crippen molar-refractivity contribution < 1.29 is 9.63 Å². The highest BCUT2D eigenvalue weighted by Crippen LogP contribution is 2.16. The minimum absolute atomic E-state index is 0.0640. The molecule has 2 aliphatic rings. The fraction of sp³-hybridized carbons (Fsp3) is 0.857. The van der Waals surface area contributed by atoms with Crippen LogP contribution in [0.5, 0.6) is 0 Å². The van der Waals surface area contributed by atoms with Gasteiger partial charge >= 0.3 is 6.03 Å². The molecule has 114 valence electrons. The molecule has 0 aromatic carbocycles. The maximum absolute atomic E-state index is 12.2. The van der Waals surface area contributed by atoms with Gasteiger partial charge in [0.1, 0.15) is 6.61 Å². The van der Waals surface area contributed by atoms with Gasteiger partial charge in [-0.15, -0.1) is 0 Å². The Hall–Kier alpha value is -1.30. The quantitative estimate of drug-likeness (QED) is 0.606. The number of hydrogen-bond acceptors (Lipinski definition) is 4. The zero-order valence-corrected chi connectivity index (χ0v) is 12.4. The van der Waals surface area contributed by atoms with E-state index in [4.69, 9.17) is 4.84 Å². The highest BCUT2D eigenvalue weighted by atomic mass is 16.6. The molecule has 20 heavy (non-hydrogen) atoms. The van der Waals surface area contributed by atoms with Gasteiger partial charge < -0.3 is 20.4 Å². The fourth-order valence-corrected chi connectivity index (χ4v) is 2.70. The van der Waals surface area contributed by atoms with E-state index < -0.39 is 0 Å². The monoisotopic (exact) mass is 282 g/mol. The largest absolute Gasteiger partial charge is 0.396 e. The average Bonchev–Trinajstić information content (AvgIpc) is 2.71. The van der Waals surface area contributed by atoms with Gasteiger partial charge in [0.25, 0.3) is 0 Å². The number of rotatable bonds is 3. The first kappa shape index (κ1) is 15.1. The summed E-state index contributed by atoms with van der Waals surface area (Å²) >= 11 is 0. The zero-order valence-electron chi connectivity index (χ0n) is 12.4. The van der Waals surface area contributed by atoms with E-state index in [0.717, 1.165) is 64.0 Å². The number of piperazine rings is 1. The average molecular weight is 282 g/mol. The van der Waals surface area contributed by atoms with Crippen molar-refractivity contribution in [1.29, 1.82) is 0 Å². The number of oxime groups is 1. The fourth-order valence-electron chi connectivity index (χ4n) is 2.70. The number of urea groups is 1. The molecule has 1 heterocycles. The SMILES string of the molecule is CCON=C1CCCCC(NC(=O)N2CCNCC2)C1. The van der Waals surface area contributed by atoms with Gasteiger partial charge in [-0.2, -0.15) is 0 Å². The second kappa shape index (κ2) is 8.09. The van der Waals surface area contributed by atoms with Crippen LogP contribution >= 0.6 is 0 Å². The van der Waals surface area contributed by atoms with Crippen molar-refractivity contribution >= 4 is 11.7 Å². The predicted octanol–water partition coefficient (Wildman–Crippen LogP) is 1.33. The van der Waals surface area contributed by atoms with Crippen LogP contribution in [-0.4, -0.2) is 55.5 Å². The van der Waals surface area contributed by atoms with Crippen molar-refractivity contribution in [2.75, 3.05) is 32.8 Å². The van der Waals surface area contributed by atoms with Gasteiger partial charge in [0, 0.05) is 38.6 Å². The first-order valence-electron chi connectivity index (χ1n) is 7.73. The van der Waals surface area contributed by atoms with E-state index >= 15 is 0 Å². The number of carbonyl (C=O) groups is 1. The second-order valence-corrected chi connectivity index (χ2v) is 5.41. The van der Waals surface area contributed by atoms with E-state index in [1.54, 1.807) is 0 Å². The molecular formula is C14H26N4O2. The minimum atomic E-state index is 0.0640. The van der Waals surface area contributed by atoms with Gasteiger partial charge in [-0.3, -0.25) is 0 Å². The van der Waals surface area contributed by atoms with E-state index in [1.807, 2.05) is 11.8 Å². The van der Waals surface area contributed by atoms with Crippen LogP contribution in [0.1, 0.15) is 39.0 Å². The molecular weight excluding hydrogens is 256 g/mol. The number of nitrogens with one attached hydrogen (secondary N) is 2. The van der Waals surface area contributed by atoms with Crippen LogP contribution in [0.15, 0.2) is 5.16 Å². The molecule has 2 N–H and O–H groups in total. The molecule has 0 aromatic heterocycles. The van der Waals surface area contributed by atoms with Crippen LogP contribution in [0, 0.1) is 0 Å². The standard InChI is InChI=1S/C14H26N4O2/c1-2-20-17-13-6-4-3-5-12(11-13)16-14(19)18-9-7-15-8-10-18/h12,15H,2-11H2,1H3,(H,16,19). The summed E-state index contributed by atoms with van der Waals surface area (Å²) in [7, 11) is 0. The third kappa shape index (κ3) is 4.67. The third-order valence-electron chi connectivity index (χ3n) is 3.80. The topological polar surface area (TPSA) is 66.0 Å². The summed E-state index contributed by atoms with van der Waals surface area (Å²) in [4.78, 5) is 19.3. The molecule has 0 aromatic rings. The molecule has 2 rings (SSSR count). The lowest BCUT2D eigenvalue weighted by Crippen LogP contribution is -2.52. The Labute approximate surface area is 120 Å². The summed E-state index contributed by atoms with van der Waals surface area (Å²) in [5, 5.41) is 10.6. The predicted molar refractivity (Wildman–Crippen MR) is 78.9 cm³/mol. The Morgan fingerprint density at radius 1 is 1.45 bits per heavy atom. The lowest BCUT2D eigenvalue weighted by atomic mass is 10.1. The van der Waals surface area contributed by atoms with E-state index in [-0.39, 0.29) is 12.1 Å². The lowest BCUT2D eigenvalue weighted by Gasteiger charge is -2.29. The number of hydrogen-bond donors (Lipinski definition) is 2. The summed E-state index contributed by atoms with van der Waals surface area (Å²) in [5.41, 5.74) is 1.08. The lowest BCUT2D eigenvalue weighted by molar-refractivity contribution is 0.157. The highest BCUT2D eigenvalue weighted by Gasteiger charge is 2.22. The Morgan fingerprint density at radius 3 is 3.00 bits per heavy atom. The van der Waals surface area contributed by atoms with Crippen molar-refractivity contribution in [2.24, 2.45) is 5.16 Å². The van der Waals surface area contributed by atoms with Crippen LogP contribution in [0.2, 0.25) is 0 Å². The third-order valence-corrected chi connectivity index (χ3v) is 3.80. The van der Waals surface area contributed by atoms with E-state index in [2.05, 4.69) is 15.8 Å². The summed E-state index contributed by atoms with van der Waals surface area (Å²) in [6.07, 6.45) is 5.10. The molecule has 0 bridgehead atoms. The maximum Gasteiger partial charge on any atom is 0.317 e. The van der Waals surface area contributed by atoms with E-state index in [9.17, 15) is 4.79 Å². The van der Waals surface area contributed by atoms with Crippen molar-refractivity contribution in [1.82, 2.24) is 15.5 Å². The minimum Gasteiger partial charge on any atom is -0.396 e.